The molecule has 0 fully saturated rings. The number of nitrogens with two attached hydrogens (primary N) is 1. The number of rotatable bonds is 3. The van der Waals surface area contributed by atoms with Gasteiger partial charge in [-0.15, -0.1) is 0 Å². The van der Waals surface area contributed by atoms with E-state index in [1.165, 1.54) is 11.1 Å². The molecule has 94 valence electrons. The molecule has 0 radical (unpaired) electrons. The Morgan fingerprint density at radius 1 is 1.06 bits per heavy atom. The first-order valence-corrected chi connectivity index (χ1v) is 6.31. The predicted octanol–water partition coefficient (Wildman–Crippen LogP) is 3.30. The second kappa shape index (κ2) is 5.17. The standard InChI is InChI=1S/C15H19N3/c1-4-5-13-9-14(16)18-15(17-13)12-7-6-10(2)11(3)8-12/h6-9H,4-5H2,1-3H3,(H2,16,17,18). The molecule has 1 aromatic carbocycles. The smallest absolute Gasteiger partial charge is 0.161 e. The lowest BCUT2D eigenvalue weighted by Gasteiger charge is -2.07. The average Bonchev–Trinajstić information content (AvgIpc) is 2.32. The van der Waals surface area contributed by atoms with Crippen LogP contribution >= 0.6 is 0 Å². The summed E-state index contributed by atoms with van der Waals surface area (Å²) in [5.74, 6) is 1.27. The number of nitrogen functional groups attached to an aromatic ring is 1. The van der Waals surface area contributed by atoms with Crippen LogP contribution in [-0.2, 0) is 6.42 Å². The van der Waals surface area contributed by atoms with E-state index < -0.39 is 0 Å². The number of aryl methyl sites for hydroxylation is 3. The number of aromatic nitrogens is 2. The van der Waals surface area contributed by atoms with Gasteiger partial charge in [0.1, 0.15) is 5.82 Å². The van der Waals surface area contributed by atoms with Crippen molar-refractivity contribution in [1.82, 2.24) is 9.97 Å². The highest BCUT2D eigenvalue weighted by Gasteiger charge is 2.06. The van der Waals surface area contributed by atoms with Crippen molar-refractivity contribution < 1.29 is 0 Å². The maximum atomic E-state index is 5.84. The van der Waals surface area contributed by atoms with E-state index in [1.807, 2.05) is 12.1 Å². The molecule has 0 amide bonds. The first-order chi connectivity index (χ1) is 8.60. The molecule has 3 heteroatoms. The molecule has 3 nitrogen and oxygen atoms in total. The maximum absolute atomic E-state index is 5.84. The average molecular weight is 241 g/mol. The van der Waals surface area contributed by atoms with E-state index in [9.17, 15) is 0 Å². The van der Waals surface area contributed by atoms with E-state index in [-0.39, 0.29) is 0 Å². The fourth-order valence-electron chi connectivity index (χ4n) is 1.91. The first kappa shape index (κ1) is 12.6. The summed E-state index contributed by atoms with van der Waals surface area (Å²) < 4.78 is 0. The van der Waals surface area contributed by atoms with Gasteiger partial charge in [0.05, 0.1) is 0 Å². The normalized spacial score (nSPS) is 10.6. The van der Waals surface area contributed by atoms with E-state index in [2.05, 4.69) is 42.9 Å². The number of nitrogens with zero attached hydrogens (tertiary/aromatic N) is 2. The van der Waals surface area contributed by atoms with Crippen LogP contribution in [0.4, 0.5) is 5.82 Å². The molecule has 0 saturated carbocycles. The van der Waals surface area contributed by atoms with Crippen molar-refractivity contribution in [2.45, 2.75) is 33.6 Å². The molecule has 1 heterocycles. The van der Waals surface area contributed by atoms with Gasteiger partial charge in [-0.1, -0.05) is 25.5 Å². The molecule has 2 aromatic rings. The summed E-state index contributed by atoms with van der Waals surface area (Å²) in [4.78, 5) is 8.90. The Morgan fingerprint density at radius 3 is 2.50 bits per heavy atom. The highest BCUT2D eigenvalue weighted by molar-refractivity contribution is 5.59. The Kier molecular flexibility index (Phi) is 3.60. The van der Waals surface area contributed by atoms with Crippen molar-refractivity contribution in [2.24, 2.45) is 0 Å². The molecule has 0 spiro atoms. The zero-order chi connectivity index (χ0) is 13.1. The van der Waals surface area contributed by atoms with Crippen molar-refractivity contribution in [3.63, 3.8) is 0 Å². The fourth-order valence-corrected chi connectivity index (χ4v) is 1.91. The van der Waals surface area contributed by atoms with Crippen molar-refractivity contribution >= 4 is 5.82 Å². The fraction of sp³-hybridized carbons (Fsp3) is 0.333. The van der Waals surface area contributed by atoms with Crippen LogP contribution in [0.3, 0.4) is 0 Å². The van der Waals surface area contributed by atoms with Crippen molar-refractivity contribution in [3.05, 3.63) is 41.1 Å². The number of benzene rings is 1. The number of hydrogen-bond acceptors (Lipinski definition) is 3. The topological polar surface area (TPSA) is 51.8 Å². The molecule has 0 aliphatic carbocycles. The monoisotopic (exact) mass is 241 g/mol. The molecule has 0 atom stereocenters. The summed E-state index contributed by atoms with van der Waals surface area (Å²) >= 11 is 0. The minimum absolute atomic E-state index is 0.543. The Morgan fingerprint density at radius 2 is 1.83 bits per heavy atom. The molecule has 0 bridgehead atoms. The predicted molar refractivity (Wildman–Crippen MR) is 75.3 cm³/mol. The third-order valence-electron chi connectivity index (χ3n) is 3.07. The van der Waals surface area contributed by atoms with Crippen LogP contribution in [0.5, 0.6) is 0 Å². The van der Waals surface area contributed by atoms with Crippen LogP contribution in [0.25, 0.3) is 11.4 Å². The molecular weight excluding hydrogens is 222 g/mol. The zero-order valence-electron chi connectivity index (χ0n) is 11.2. The SMILES string of the molecule is CCCc1cc(N)nc(-c2ccc(C)c(C)c2)n1. The third-order valence-corrected chi connectivity index (χ3v) is 3.07. The quantitative estimate of drug-likeness (QED) is 0.897. The van der Waals surface area contributed by atoms with Gasteiger partial charge in [0.25, 0.3) is 0 Å². The van der Waals surface area contributed by atoms with Crippen LogP contribution in [0.15, 0.2) is 24.3 Å². The highest BCUT2D eigenvalue weighted by atomic mass is 14.9. The minimum Gasteiger partial charge on any atom is -0.384 e. The first-order valence-electron chi connectivity index (χ1n) is 6.31. The molecule has 18 heavy (non-hydrogen) atoms. The molecule has 2 rings (SSSR count). The lowest BCUT2D eigenvalue weighted by Crippen LogP contribution is -2.00. The summed E-state index contributed by atoms with van der Waals surface area (Å²) in [6.07, 6.45) is 1.99. The van der Waals surface area contributed by atoms with Crippen molar-refractivity contribution in [2.75, 3.05) is 5.73 Å². The van der Waals surface area contributed by atoms with Gasteiger partial charge >= 0.3 is 0 Å². The van der Waals surface area contributed by atoms with Crippen LogP contribution in [0.2, 0.25) is 0 Å². The Hall–Kier alpha value is -1.90. The van der Waals surface area contributed by atoms with Crippen LogP contribution in [0.1, 0.15) is 30.2 Å². The zero-order valence-corrected chi connectivity index (χ0v) is 11.2. The van der Waals surface area contributed by atoms with Crippen LogP contribution < -0.4 is 5.73 Å². The van der Waals surface area contributed by atoms with Gasteiger partial charge in [-0.25, -0.2) is 9.97 Å². The Balaban J connectivity index is 2.46. The number of anilines is 1. The molecule has 0 saturated heterocycles. The van der Waals surface area contributed by atoms with Gasteiger partial charge in [0.2, 0.25) is 0 Å². The van der Waals surface area contributed by atoms with Crippen LogP contribution in [0, 0.1) is 13.8 Å². The highest BCUT2D eigenvalue weighted by Crippen LogP contribution is 2.20. The maximum Gasteiger partial charge on any atom is 0.161 e. The van der Waals surface area contributed by atoms with E-state index in [1.54, 1.807) is 0 Å². The summed E-state index contributed by atoms with van der Waals surface area (Å²) in [7, 11) is 0. The molecule has 0 unspecified atom stereocenters. The van der Waals surface area contributed by atoms with Crippen molar-refractivity contribution in [1.29, 1.82) is 0 Å². The van der Waals surface area contributed by atoms with Gasteiger partial charge < -0.3 is 5.73 Å². The van der Waals surface area contributed by atoms with Gasteiger partial charge in [0, 0.05) is 17.3 Å². The molecular formula is C15H19N3. The summed E-state index contributed by atoms with van der Waals surface area (Å²) in [5, 5.41) is 0. The summed E-state index contributed by atoms with van der Waals surface area (Å²) in [6, 6.07) is 8.11. The van der Waals surface area contributed by atoms with Gasteiger partial charge in [0.15, 0.2) is 5.82 Å². The van der Waals surface area contributed by atoms with Crippen molar-refractivity contribution in [3.8, 4) is 11.4 Å². The molecule has 0 aliphatic heterocycles. The number of hydrogen-bond donors (Lipinski definition) is 1. The van der Waals surface area contributed by atoms with Gasteiger partial charge in [-0.05, 0) is 37.5 Å². The molecule has 0 aliphatic rings. The van der Waals surface area contributed by atoms with Gasteiger partial charge in [-0.3, -0.25) is 0 Å². The Labute approximate surface area is 108 Å². The molecule has 1 aromatic heterocycles. The lowest BCUT2D eigenvalue weighted by atomic mass is 10.1. The van der Waals surface area contributed by atoms with Gasteiger partial charge in [-0.2, -0.15) is 0 Å². The van der Waals surface area contributed by atoms with E-state index in [0.717, 1.165) is 29.9 Å². The van der Waals surface area contributed by atoms with E-state index in [0.29, 0.717) is 5.82 Å². The van der Waals surface area contributed by atoms with E-state index >= 15 is 0 Å². The second-order valence-electron chi connectivity index (χ2n) is 4.66. The second-order valence-corrected chi connectivity index (χ2v) is 4.66. The Bertz CT molecular complexity index is 562. The summed E-state index contributed by atoms with van der Waals surface area (Å²) in [6.45, 7) is 6.33. The van der Waals surface area contributed by atoms with E-state index in [4.69, 9.17) is 5.73 Å². The lowest BCUT2D eigenvalue weighted by molar-refractivity contribution is 0.877. The third kappa shape index (κ3) is 2.67. The van der Waals surface area contributed by atoms with Crippen LogP contribution in [-0.4, -0.2) is 9.97 Å². The largest absolute Gasteiger partial charge is 0.384 e. The minimum atomic E-state index is 0.543. The molecule has 2 N–H and O–H groups in total. The summed E-state index contributed by atoms with van der Waals surface area (Å²) in [5.41, 5.74) is 10.4.